The van der Waals surface area contributed by atoms with E-state index < -0.39 is 5.82 Å². The van der Waals surface area contributed by atoms with Crippen molar-refractivity contribution in [1.29, 1.82) is 0 Å². The number of halogens is 2. The number of hydrogen-bond acceptors (Lipinski definition) is 5. The third-order valence-electron chi connectivity index (χ3n) is 4.62. The fraction of sp³-hybridized carbons (Fsp3) is 0.421. The van der Waals surface area contributed by atoms with E-state index in [1.54, 1.807) is 0 Å². The predicted octanol–water partition coefficient (Wildman–Crippen LogP) is 2.84. The molecule has 7 nitrogen and oxygen atoms in total. The van der Waals surface area contributed by atoms with Crippen LogP contribution in [0.3, 0.4) is 0 Å². The highest BCUT2D eigenvalue weighted by molar-refractivity contribution is 6.30. The minimum Gasteiger partial charge on any atom is -0.484 e. The Balaban J connectivity index is 1.35. The molecule has 0 unspecified atom stereocenters. The van der Waals surface area contributed by atoms with Crippen LogP contribution in [-0.4, -0.2) is 29.4 Å². The van der Waals surface area contributed by atoms with Crippen LogP contribution in [0, 0.1) is 11.7 Å². The van der Waals surface area contributed by atoms with Gasteiger partial charge in [-0.05, 0) is 37.8 Å². The van der Waals surface area contributed by atoms with Crippen molar-refractivity contribution >= 4 is 23.4 Å². The zero-order valence-electron chi connectivity index (χ0n) is 15.1. The van der Waals surface area contributed by atoms with Gasteiger partial charge in [0.25, 0.3) is 5.91 Å². The minimum atomic E-state index is -0.598. The minimum absolute atomic E-state index is 0.00183. The van der Waals surface area contributed by atoms with Crippen molar-refractivity contribution in [3.63, 3.8) is 0 Å². The lowest BCUT2D eigenvalue weighted by Gasteiger charge is -2.28. The second-order valence-corrected chi connectivity index (χ2v) is 7.03. The zero-order chi connectivity index (χ0) is 19.9. The lowest BCUT2D eigenvalue weighted by molar-refractivity contribution is -0.126. The van der Waals surface area contributed by atoms with E-state index in [1.165, 1.54) is 24.6 Å². The number of benzene rings is 1. The molecule has 2 aromatic rings. The van der Waals surface area contributed by atoms with Gasteiger partial charge in [-0.25, -0.2) is 9.37 Å². The number of amides is 2. The third-order valence-corrected chi connectivity index (χ3v) is 4.93. The van der Waals surface area contributed by atoms with E-state index in [0.29, 0.717) is 31.6 Å². The highest BCUT2D eigenvalue weighted by Crippen LogP contribution is 2.25. The summed E-state index contributed by atoms with van der Waals surface area (Å²) in [4.78, 5) is 28.2. The van der Waals surface area contributed by atoms with Gasteiger partial charge in [0, 0.05) is 18.0 Å². The van der Waals surface area contributed by atoms with Gasteiger partial charge in [-0.3, -0.25) is 9.59 Å². The first-order valence-corrected chi connectivity index (χ1v) is 9.42. The van der Waals surface area contributed by atoms with Crippen molar-refractivity contribution in [1.82, 2.24) is 15.6 Å². The van der Waals surface area contributed by atoms with Crippen LogP contribution in [-0.2, 0) is 16.1 Å². The molecule has 9 heteroatoms. The molecule has 1 aliphatic carbocycles. The predicted molar refractivity (Wildman–Crippen MR) is 99.1 cm³/mol. The molecule has 150 valence electrons. The fourth-order valence-electron chi connectivity index (χ4n) is 3.13. The molecule has 0 atom stereocenters. The molecule has 1 aromatic heterocycles. The summed E-state index contributed by atoms with van der Waals surface area (Å²) in [6.07, 6.45) is 5.78. The highest BCUT2D eigenvalue weighted by atomic mass is 35.5. The standard InChI is InChI=1S/C19H21ClFN3O4/c20-15-6-5-14(9-16(15)21)28-11-17(25)24-13-3-1-12(2-4-13)19(26)23-10-18-22-7-8-27-18/h5-9,12-13H,1-4,10-11H2,(H,23,26)(H,24,25)/t12-,13-. The van der Waals surface area contributed by atoms with E-state index in [1.807, 2.05) is 0 Å². The molecule has 0 bridgehead atoms. The summed E-state index contributed by atoms with van der Waals surface area (Å²) in [7, 11) is 0. The van der Waals surface area contributed by atoms with E-state index >= 15 is 0 Å². The number of nitrogens with zero attached hydrogens (tertiary/aromatic N) is 1. The Morgan fingerprint density at radius 2 is 2.07 bits per heavy atom. The molecule has 1 heterocycles. The van der Waals surface area contributed by atoms with Crippen LogP contribution in [0.1, 0.15) is 31.6 Å². The second-order valence-electron chi connectivity index (χ2n) is 6.62. The largest absolute Gasteiger partial charge is 0.484 e. The molecule has 1 fully saturated rings. The monoisotopic (exact) mass is 409 g/mol. The second kappa shape index (κ2) is 9.54. The summed E-state index contributed by atoms with van der Waals surface area (Å²) in [5.74, 6) is -0.294. The van der Waals surface area contributed by atoms with E-state index in [2.05, 4.69) is 15.6 Å². The number of nitrogens with one attached hydrogen (secondary N) is 2. The Bertz CT molecular complexity index is 808. The van der Waals surface area contributed by atoms with Crippen molar-refractivity contribution in [2.45, 2.75) is 38.3 Å². The topological polar surface area (TPSA) is 93.5 Å². The Kier molecular flexibility index (Phi) is 6.86. The van der Waals surface area contributed by atoms with Gasteiger partial charge in [-0.1, -0.05) is 11.6 Å². The van der Waals surface area contributed by atoms with Crippen molar-refractivity contribution < 1.29 is 23.1 Å². The van der Waals surface area contributed by atoms with Gasteiger partial charge in [-0.15, -0.1) is 0 Å². The number of ether oxygens (including phenoxy) is 1. The smallest absolute Gasteiger partial charge is 0.258 e. The molecule has 1 aromatic carbocycles. The number of hydrogen-bond donors (Lipinski definition) is 2. The SMILES string of the molecule is O=C(COc1ccc(Cl)c(F)c1)N[C@H]1CC[C@H](C(=O)NCc2ncco2)CC1. The molecule has 2 N–H and O–H groups in total. The molecule has 0 spiro atoms. The van der Waals surface area contributed by atoms with E-state index in [4.69, 9.17) is 20.8 Å². The Morgan fingerprint density at radius 1 is 1.29 bits per heavy atom. The van der Waals surface area contributed by atoms with Crippen LogP contribution < -0.4 is 15.4 Å². The van der Waals surface area contributed by atoms with Crippen molar-refractivity contribution in [2.24, 2.45) is 5.92 Å². The average molecular weight is 410 g/mol. The summed E-state index contributed by atoms with van der Waals surface area (Å²) in [6, 6.07) is 4.01. The first-order valence-electron chi connectivity index (χ1n) is 9.04. The molecule has 1 saturated carbocycles. The van der Waals surface area contributed by atoms with Gasteiger partial charge < -0.3 is 19.8 Å². The summed E-state index contributed by atoms with van der Waals surface area (Å²) in [5, 5.41) is 5.70. The number of carbonyl (C=O) groups excluding carboxylic acids is 2. The van der Waals surface area contributed by atoms with Gasteiger partial charge >= 0.3 is 0 Å². The van der Waals surface area contributed by atoms with Gasteiger partial charge in [0.1, 0.15) is 17.8 Å². The van der Waals surface area contributed by atoms with Crippen molar-refractivity contribution in [3.8, 4) is 5.75 Å². The molecule has 2 amide bonds. The van der Waals surface area contributed by atoms with Crippen molar-refractivity contribution in [3.05, 3.63) is 47.4 Å². The summed E-state index contributed by atoms with van der Waals surface area (Å²) in [5.41, 5.74) is 0. The van der Waals surface area contributed by atoms with Crippen LogP contribution in [0.25, 0.3) is 0 Å². The van der Waals surface area contributed by atoms with Gasteiger partial charge in [0.05, 0.1) is 17.8 Å². The van der Waals surface area contributed by atoms with Gasteiger partial charge in [0.15, 0.2) is 6.61 Å². The molecule has 0 aliphatic heterocycles. The first kappa shape index (κ1) is 20.1. The number of rotatable bonds is 7. The van der Waals surface area contributed by atoms with Crippen LogP contribution in [0.2, 0.25) is 5.02 Å². The number of carbonyl (C=O) groups is 2. The van der Waals surface area contributed by atoms with Crippen LogP contribution in [0.15, 0.2) is 35.1 Å². The average Bonchev–Trinajstić information content (AvgIpc) is 3.21. The molecular formula is C19H21ClFN3O4. The van der Waals surface area contributed by atoms with E-state index in [0.717, 1.165) is 6.07 Å². The fourth-order valence-corrected chi connectivity index (χ4v) is 3.25. The Labute approximate surface area is 166 Å². The molecule has 3 rings (SSSR count). The van der Waals surface area contributed by atoms with Gasteiger partial charge in [0.2, 0.25) is 11.8 Å². The lowest BCUT2D eigenvalue weighted by Crippen LogP contribution is -2.42. The maximum atomic E-state index is 13.4. The van der Waals surface area contributed by atoms with E-state index in [9.17, 15) is 14.0 Å². The molecule has 1 aliphatic rings. The van der Waals surface area contributed by atoms with Crippen LogP contribution >= 0.6 is 11.6 Å². The lowest BCUT2D eigenvalue weighted by atomic mass is 9.85. The van der Waals surface area contributed by atoms with Crippen LogP contribution in [0.5, 0.6) is 5.75 Å². The zero-order valence-corrected chi connectivity index (χ0v) is 15.9. The summed E-state index contributed by atoms with van der Waals surface area (Å²) < 4.78 is 23.7. The number of aromatic nitrogens is 1. The molecule has 0 radical (unpaired) electrons. The maximum Gasteiger partial charge on any atom is 0.258 e. The van der Waals surface area contributed by atoms with Crippen LogP contribution in [0.4, 0.5) is 4.39 Å². The molecule has 0 saturated heterocycles. The molecular weight excluding hydrogens is 389 g/mol. The summed E-state index contributed by atoms with van der Waals surface area (Å²) in [6.45, 7) is 0.0583. The first-order chi connectivity index (χ1) is 13.5. The quantitative estimate of drug-likeness (QED) is 0.733. The Hall–Kier alpha value is -2.61. The Morgan fingerprint density at radius 3 is 2.75 bits per heavy atom. The highest BCUT2D eigenvalue weighted by Gasteiger charge is 2.27. The normalized spacial score (nSPS) is 19.1. The number of oxazole rings is 1. The molecule has 28 heavy (non-hydrogen) atoms. The van der Waals surface area contributed by atoms with Crippen molar-refractivity contribution in [2.75, 3.05) is 6.61 Å². The maximum absolute atomic E-state index is 13.4. The van der Waals surface area contributed by atoms with E-state index in [-0.39, 0.29) is 47.7 Å². The van der Waals surface area contributed by atoms with Gasteiger partial charge in [-0.2, -0.15) is 0 Å². The summed E-state index contributed by atoms with van der Waals surface area (Å²) >= 11 is 5.61. The third kappa shape index (κ3) is 5.69.